The molecule has 0 aliphatic carbocycles. The van der Waals surface area contributed by atoms with Gasteiger partial charge in [0.2, 0.25) is 6.79 Å². The lowest BCUT2D eigenvalue weighted by Crippen LogP contribution is -2.18. The van der Waals surface area contributed by atoms with E-state index in [1.165, 1.54) is 16.3 Å². The van der Waals surface area contributed by atoms with Gasteiger partial charge < -0.3 is 9.47 Å². The summed E-state index contributed by atoms with van der Waals surface area (Å²) in [4.78, 5) is 0. The number of nitrogens with zero attached hydrogens (tertiary/aromatic N) is 2. The molecule has 0 radical (unpaired) electrons. The maximum absolute atomic E-state index is 5.62. The summed E-state index contributed by atoms with van der Waals surface area (Å²) in [5, 5.41) is 9.67. The molecule has 0 amide bonds. The van der Waals surface area contributed by atoms with E-state index in [1.54, 1.807) is 0 Å². The second-order valence-electron chi connectivity index (χ2n) is 7.62. The van der Waals surface area contributed by atoms with Crippen LogP contribution in [0, 0.1) is 0 Å². The lowest BCUT2D eigenvalue weighted by atomic mass is 9.96. The zero-order valence-corrected chi connectivity index (χ0v) is 16.4. The van der Waals surface area contributed by atoms with Crippen molar-refractivity contribution in [1.29, 1.82) is 0 Å². The van der Waals surface area contributed by atoms with Gasteiger partial charge in [0, 0.05) is 6.42 Å². The first-order chi connectivity index (χ1) is 14.8. The fraction of sp³-hybridized carbons (Fsp3) is 0.115. The van der Waals surface area contributed by atoms with E-state index in [4.69, 9.17) is 14.6 Å². The number of anilines is 1. The van der Waals surface area contributed by atoms with Crippen molar-refractivity contribution in [3.05, 3.63) is 102 Å². The van der Waals surface area contributed by atoms with Gasteiger partial charge in [0.05, 0.1) is 17.4 Å². The highest BCUT2D eigenvalue weighted by Gasteiger charge is 2.31. The Hall–Kier alpha value is -3.79. The van der Waals surface area contributed by atoms with E-state index in [9.17, 15) is 0 Å². The summed E-state index contributed by atoms with van der Waals surface area (Å²) in [6.07, 6.45) is 0.826. The van der Waals surface area contributed by atoms with Crippen molar-refractivity contribution < 1.29 is 9.47 Å². The van der Waals surface area contributed by atoms with Gasteiger partial charge in [0.1, 0.15) is 0 Å². The summed E-state index contributed by atoms with van der Waals surface area (Å²) in [5.74, 6) is 1.61. The predicted octanol–water partition coefficient (Wildman–Crippen LogP) is 5.92. The molecule has 0 spiro atoms. The molecule has 4 nitrogen and oxygen atoms in total. The van der Waals surface area contributed by atoms with Gasteiger partial charge in [-0.1, -0.05) is 60.7 Å². The Labute approximate surface area is 175 Å². The third-order valence-corrected chi connectivity index (χ3v) is 5.80. The Kier molecular flexibility index (Phi) is 3.94. The fourth-order valence-electron chi connectivity index (χ4n) is 4.25. The van der Waals surface area contributed by atoms with Crippen LogP contribution < -0.4 is 14.5 Å². The van der Waals surface area contributed by atoms with Crippen LogP contribution in [-0.2, 0) is 0 Å². The van der Waals surface area contributed by atoms with Crippen LogP contribution in [0.2, 0.25) is 0 Å². The number of ether oxygens (including phenoxy) is 2. The van der Waals surface area contributed by atoms with Gasteiger partial charge in [-0.3, -0.25) is 5.01 Å². The Morgan fingerprint density at radius 1 is 0.733 bits per heavy atom. The van der Waals surface area contributed by atoms with Crippen LogP contribution in [0.5, 0.6) is 11.5 Å². The number of hydrogen-bond donors (Lipinski definition) is 0. The summed E-state index contributed by atoms with van der Waals surface area (Å²) in [6, 6.07) is 31.7. The number of benzene rings is 4. The molecule has 0 saturated heterocycles. The molecule has 2 aliphatic rings. The third kappa shape index (κ3) is 2.89. The molecule has 6 rings (SSSR count). The number of hydrogen-bond acceptors (Lipinski definition) is 4. The molecule has 0 aromatic heterocycles. The summed E-state index contributed by atoms with van der Waals surface area (Å²) < 4.78 is 11.1. The summed E-state index contributed by atoms with van der Waals surface area (Å²) in [5.41, 5.74) is 4.50. The number of fused-ring (bicyclic) bond motifs is 2. The molecular formula is C26H20N2O2. The van der Waals surface area contributed by atoms with Gasteiger partial charge in [-0.05, 0) is 52.2 Å². The monoisotopic (exact) mass is 392 g/mol. The SMILES string of the molecule is c1ccc(N2N=C(c3ccc4ccccc4c3)C[C@H]2c2ccc3c(c2)OCO3)cc1. The Bertz CT molecular complexity index is 1270. The van der Waals surface area contributed by atoms with Crippen molar-refractivity contribution in [3.63, 3.8) is 0 Å². The van der Waals surface area contributed by atoms with E-state index in [0.717, 1.165) is 34.9 Å². The minimum Gasteiger partial charge on any atom is -0.454 e. The van der Waals surface area contributed by atoms with Gasteiger partial charge in [0.15, 0.2) is 11.5 Å². The molecule has 4 aromatic rings. The standard InChI is InChI=1S/C26H20N2O2/c1-2-8-22(9-3-1)28-24(21-12-13-25-26(15-21)30-17-29-25)16-23(27-28)20-11-10-18-6-4-5-7-19(18)14-20/h1-15,24H,16-17H2/t24-/m0/s1. The van der Waals surface area contributed by atoms with Crippen LogP contribution in [0.4, 0.5) is 5.69 Å². The molecule has 4 aromatic carbocycles. The van der Waals surface area contributed by atoms with Gasteiger partial charge in [-0.15, -0.1) is 0 Å². The van der Waals surface area contributed by atoms with E-state index in [-0.39, 0.29) is 12.8 Å². The number of hydrazone groups is 1. The van der Waals surface area contributed by atoms with E-state index in [1.807, 2.05) is 12.1 Å². The maximum Gasteiger partial charge on any atom is 0.231 e. The van der Waals surface area contributed by atoms with Crippen molar-refractivity contribution in [2.24, 2.45) is 5.10 Å². The van der Waals surface area contributed by atoms with E-state index in [2.05, 4.69) is 83.9 Å². The smallest absolute Gasteiger partial charge is 0.231 e. The molecule has 0 bridgehead atoms. The summed E-state index contributed by atoms with van der Waals surface area (Å²) in [7, 11) is 0. The van der Waals surface area contributed by atoms with Gasteiger partial charge in [0.25, 0.3) is 0 Å². The van der Waals surface area contributed by atoms with Crippen LogP contribution >= 0.6 is 0 Å². The quantitative estimate of drug-likeness (QED) is 0.434. The second-order valence-corrected chi connectivity index (χ2v) is 7.62. The highest BCUT2D eigenvalue weighted by atomic mass is 16.7. The molecule has 2 heterocycles. The Balaban J connectivity index is 1.42. The zero-order chi connectivity index (χ0) is 19.9. The molecule has 0 unspecified atom stereocenters. The highest BCUT2D eigenvalue weighted by molar-refractivity contribution is 6.05. The molecular weight excluding hydrogens is 372 g/mol. The average Bonchev–Trinajstić information content (AvgIpc) is 3.46. The minimum absolute atomic E-state index is 0.100. The Morgan fingerprint density at radius 2 is 1.53 bits per heavy atom. The highest BCUT2D eigenvalue weighted by Crippen LogP contribution is 2.41. The lowest BCUT2D eigenvalue weighted by Gasteiger charge is -2.24. The van der Waals surface area contributed by atoms with Crippen LogP contribution in [0.1, 0.15) is 23.6 Å². The van der Waals surface area contributed by atoms with E-state index in [0.29, 0.717) is 0 Å². The number of para-hydroxylation sites is 1. The third-order valence-electron chi connectivity index (χ3n) is 5.80. The van der Waals surface area contributed by atoms with Crippen molar-refractivity contribution in [2.75, 3.05) is 11.8 Å². The maximum atomic E-state index is 5.62. The van der Waals surface area contributed by atoms with Gasteiger partial charge >= 0.3 is 0 Å². The lowest BCUT2D eigenvalue weighted by molar-refractivity contribution is 0.174. The molecule has 4 heteroatoms. The van der Waals surface area contributed by atoms with Crippen LogP contribution in [0.3, 0.4) is 0 Å². The fourth-order valence-corrected chi connectivity index (χ4v) is 4.25. The van der Waals surface area contributed by atoms with E-state index >= 15 is 0 Å². The normalized spacial score (nSPS) is 17.4. The van der Waals surface area contributed by atoms with Crippen molar-refractivity contribution in [3.8, 4) is 11.5 Å². The molecule has 0 saturated carbocycles. The zero-order valence-electron chi connectivity index (χ0n) is 16.4. The van der Waals surface area contributed by atoms with Crippen LogP contribution in [0.25, 0.3) is 10.8 Å². The first-order valence-corrected chi connectivity index (χ1v) is 10.2. The molecule has 0 fully saturated rings. The molecule has 1 atom stereocenters. The van der Waals surface area contributed by atoms with Crippen molar-refractivity contribution >= 4 is 22.2 Å². The van der Waals surface area contributed by atoms with Crippen molar-refractivity contribution in [1.82, 2.24) is 0 Å². The first-order valence-electron chi connectivity index (χ1n) is 10.2. The van der Waals surface area contributed by atoms with Crippen molar-refractivity contribution in [2.45, 2.75) is 12.5 Å². The second kappa shape index (κ2) is 6.92. The molecule has 30 heavy (non-hydrogen) atoms. The predicted molar refractivity (Wildman–Crippen MR) is 119 cm³/mol. The number of rotatable bonds is 3. The van der Waals surface area contributed by atoms with Gasteiger partial charge in [-0.25, -0.2) is 0 Å². The van der Waals surface area contributed by atoms with Gasteiger partial charge in [-0.2, -0.15) is 5.10 Å². The first kappa shape index (κ1) is 17.1. The largest absolute Gasteiger partial charge is 0.454 e. The van der Waals surface area contributed by atoms with Crippen LogP contribution in [0.15, 0.2) is 96.1 Å². The molecule has 146 valence electrons. The topological polar surface area (TPSA) is 34.1 Å². The summed E-state index contributed by atoms with van der Waals surface area (Å²) >= 11 is 0. The van der Waals surface area contributed by atoms with E-state index < -0.39 is 0 Å². The average molecular weight is 392 g/mol. The molecule has 0 N–H and O–H groups in total. The molecule has 2 aliphatic heterocycles. The minimum atomic E-state index is 0.100. The van der Waals surface area contributed by atoms with Crippen LogP contribution in [-0.4, -0.2) is 12.5 Å². The Morgan fingerprint density at radius 3 is 2.43 bits per heavy atom. The summed E-state index contributed by atoms with van der Waals surface area (Å²) in [6.45, 7) is 0.282.